The third-order valence-electron chi connectivity index (χ3n) is 5.19. The molecule has 3 aliphatic rings. The topological polar surface area (TPSA) is 0 Å². The quantitative estimate of drug-likeness (QED) is 0.433. The standard InChI is InChI=1S/C19H21Si.2CH3.Hf/c1-13-12-16-10-7-11-17(20(3)4)14(2)19(16)18(13)15-8-5-6-9-15;;;/h5-8,10-11,14H,9H2,1-4H3;2*1H3;. The molecule has 3 rings (SSSR count). The first-order chi connectivity index (χ1) is 10.9. The zero-order valence-corrected chi connectivity index (χ0v) is 19.8. The zero-order chi connectivity index (χ0) is 16.7. The van der Waals surface area contributed by atoms with Gasteiger partial charge < -0.3 is 0 Å². The van der Waals surface area contributed by atoms with Crippen LogP contribution in [0.15, 0.2) is 67.7 Å². The van der Waals surface area contributed by atoms with Crippen molar-refractivity contribution in [3.05, 3.63) is 67.7 Å². The maximum atomic E-state index is 2.55. The van der Waals surface area contributed by atoms with Gasteiger partial charge in [-0.05, 0) is 0 Å². The van der Waals surface area contributed by atoms with Gasteiger partial charge in [0.25, 0.3) is 0 Å². The molecule has 3 aliphatic carbocycles. The van der Waals surface area contributed by atoms with Crippen LogP contribution < -0.4 is 0 Å². The molecule has 0 saturated carbocycles. The summed E-state index contributed by atoms with van der Waals surface area (Å²) in [6, 6.07) is 0. The van der Waals surface area contributed by atoms with Crippen molar-refractivity contribution in [1.29, 1.82) is 0 Å². The van der Waals surface area contributed by atoms with Gasteiger partial charge in [0, 0.05) is 0 Å². The second-order valence-electron chi connectivity index (χ2n) is 7.23. The van der Waals surface area contributed by atoms with Gasteiger partial charge >= 0.3 is 151 Å². The Hall–Kier alpha value is -0.603. The number of hydrogen-bond acceptors (Lipinski definition) is 0. The van der Waals surface area contributed by atoms with Gasteiger partial charge in [0.2, 0.25) is 0 Å². The molecule has 0 radical (unpaired) electrons. The van der Waals surface area contributed by atoms with Crippen LogP contribution in [-0.2, 0) is 21.4 Å². The predicted molar refractivity (Wildman–Crippen MR) is 102 cm³/mol. The van der Waals surface area contributed by atoms with Crippen LogP contribution in [-0.4, -0.2) is 13.6 Å². The molecule has 0 nitrogen and oxygen atoms in total. The summed E-state index contributed by atoms with van der Waals surface area (Å²) in [6.45, 7) is 9.70. The van der Waals surface area contributed by atoms with Crippen LogP contribution in [0.5, 0.6) is 0 Å². The Bertz CT molecular complexity index is 760. The van der Waals surface area contributed by atoms with Gasteiger partial charge in [0.1, 0.15) is 0 Å². The van der Waals surface area contributed by atoms with Crippen LogP contribution in [0, 0.1) is 5.92 Å². The zero-order valence-electron chi connectivity index (χ0n) is 15.2. The Kier molecular flexibility index (Phi) is 5.03. The number of allylic oxidation sites excluding steroid dienone is 12. The first-order valence-corrected chi connectivity index (χ1v) is 20.1. The molecule has 1 atom stereocenters. The van der Waals surface area contributed by atoms with Gasteiger partial charge in [-0.3, -0.25) is 0 Å². The van der Waals surface area contributed by atoms with E-state index in [4.69, 9.17) is 0 Å². The Labute approximate surface area is 150 Å². The van der Waals surface area contributed by atoms with E-state index in [0.29, 0.717) is 5.92 Å². The molecule has 23 heavy (non-hydrogen) atoms. The van der Waals surface area contributed by atoms with E-state index in [1.165, 1.54) is 0 Å². The van der Waals surface area contributed by atoms with Crippen molar-refractivity contribution >= 4 is 13.6 Å². The average Bonchev–Trinajstić information content (AvgIpc) is 3.04. The van der Waals surface area contributed by atoms with Gasteiger partial charge in [-0.2, -0.15) is 0 Å². The Morgan fingerprint density at radius 1 is 1.13 bits per heavy atom. The SMILES string of the molecule is CC1=[C]([Hf]([CH3])[CH3])C2=CC=CC(=[Si](C)C)C(C)C2=C1C1=CC=CC1. The molecule has 1 unspecified atom stereocenters. The fraction of sp³-hybridized carbons (Fsp3) is 0.381. The molecular weight excluding hydrogens is 459 g/mol. The molecule has 0 spiro atoms. The van der Waals surface area contributed by atoms with Crippen molar-refractivity contribution in [2.75, 3.05) is 0 Å². The maximum absolute atomic E-state index is 2.55. The first-order valence-electron chi connectivity index (χ1n) is 8.62. The Morgan fingerprint density at radius 2 is 1.87 bits per heavy atom. The molecule has 0 N–H and O–H groups in total. The van der Waals surface area contributed by atoms with Crippen LogP contribution in [0.3, 0.4) is 0 Å². The molecule has 0 bridgehead atoms. The van der Waals surface area contributed by atoms with Crippen molar-refractivity contribution < 1.29 is 21.4 Å². The number of rotatable bonds is 2. The number of hydrogen-bond donors (Lipinski definition) is 0. The molecule has 0 aromatic rings. The van der Waals surface area contributed by atoms with Crippen molar-refractivity contribution in [2.45, 2.75) is 42.7 Å². The third-order valence-corrected chi connectivity index (χ3v) is 12.8. The van der Waals surface area contributed by atoms with Crippen LogP contribution in [0.1, 0.15) is 20.3 Å². The van der Waals surface area contributed by atoms with E-state index in [1.54, 1.807) is 36.4 Å². The second kappa shape index (κ2) is 6.72. The van der Waals surface area contributed by atoms with Gasteiger partial charge in [-0.25, -0.2) is 0 Å². The van der Waals surface area contributed by atoms with Crippen molar-refractivity contribution in [3.8, 4) is 0 Å². The van der Waals surface area contributed by atoms with Crippen LogP contribution >= 0.6 is 0 Å². The second-order valence-corrected chi connectivity index (χ2v) is 18.8. The summed E-state index contributed by atoms with van der Waals surface area (Å²) >= 11 is -1.62. The van der Waals surface area contributed by atoms with Crippen molar-refractivity contribution in [3.63, 3.8) is 0 Å². The molecular formula is C21H27HfSi. The summed E-state index contributed by atoms with van der Waals surface area (Å²) in [6.07, 6.45) is 15.2. The molecule has 0 aromatic carbocycles. The summed E-state index contributed by atoms with van der Waals surface area (Å²) in [4.78, 5) is 0. The summed E-state index contributed by atoms with van der Waals surface area (Å²) in [5, 5.41) is 1.67. The van der Waals surface area contributed by atoms with Crippen LogP contribution in [0.25, 0.3) is 0 Å². The van der Waals surface area contributed by atoms with Crippen molar-refractivity contribution in [2.24, 2.45) is 5.92 Å². The van der Waals surface area contributed by atoms with E-state index in [2.05, 4.69) is 72.8 Å². The first kappa shape index (κ1) is 17.2. The summed E-state index contributed by atoms with van der Waals surface area (Å²) in [5.41, 5.74) is 7.99. The fourth-order valence-corrected chi connectivity index (χ4v) is 11.6. The minimum absolute atomic E-state index is 0.419. The van der Waals surface area contributed by atoms with Gasteiger partial charge in [0.15, 0.2) is 0 Å². The van der Waals surface area contributed by atoms with Crippen LogP contribution in [0.2, 0.25) is 22.5 Å². The van der Waals surface area contributed by atoms with Gasteiger partial charge in [0.05, 0.1) is 0 Å². The molecule has 119 valence electrons. The van der Waals surface area contributed by atoms with E-state index in [0.717, 1.165) is 6.42 Å². The van der Waals surface area contributed by atoms with E-state index in [1.807, 2.05) is 0 Å². The monoisotopic (exact) mass is 487 g/mol. The summed E-state index contributed by atoms with van der Waals surface area (Å²) in [5.74, 6) is 0.568. The van der Waals surface area contributed by atoms with E-state index in [-0.39, 0.29) is 0 Å². The third kappa shape index (κ3) is 2.93. The molecule has 0 fully saturated rings. The molecule has 0 aliphatic heterocycles. The molecule has 0 heterocycles. The summed E-state index contributed by atoms with van der Waals surface area (Å²) in [7, 11) is -0.419. The van der Waals surface area contributed by atoms with Crippen molar-refractivity contribution in [1.82, 2.24) is 0 Å². The van der Waals surface area contributed by atoms with E-state index < -0.39 is 29.8 Å². The number of fused-ring (bicyclic) bond motifs is 1. The average molecular weight is 486 g/mol. The molecule has 0 saturated heterocycles. The summed E-state index contributed by atoms with van der Waals surface area (Å²) < 4.78 is 6.86. The van der Waals surface area contributed by atoms with Gasteiger partial charge in [-0.1, -0.05) is 0 Å². The van der Waals surface area contributed by atoms with E-state index >= 15 is 0 Å². The molecule has 0 aromatic heterocycles. The normalized spacial score (nSPS) is 23.2. The Balaban J connectivity index is 2.26. The Morgan fingerprint density at radius 3 is 2.43 bits per heavy atom. The minimum atomic E-state index is -1.62. The molecule has 0 amide bonds. The van der Waals surface area contributed by atoms with Gasteiger partial charge in [-0.15, -0.1) is 0 Å². The van der Waals surface area contributed by atoms with E-state index in [9.17, 15) is 0 Å². The predicted octanol–water partition coefficient (Wildman–Crippen LogP) is 5.81. The fourth-order valence-electron chi connectivity index (χ4n) is 4.26. The van der Waals surface area contributed by atoms with Crippen LogP contribution in [0.4, 0.5) is 0 Å². The molecule has 2 heteroatoms.